The van der Waals surface area contributed by atoms with Crippen LogP contribution in [0, 0.1) is 5.92 Å². The zero-order chi connectivity index (χ0) is 23.7. The predicted octanol–water partition coefficient (Wildman–Crippen LogP) is 4.02. The number of anilines is 1. The number of carbonyl (C=O) groups is 3. The van der Waals surface area contributed by atoms with Crippen LogP contribution in [0.25, 0.3) is 11.1 Å². The highest BCUT2D eigenvalue weighted by atomic mass is 16.6. The van der Waals surface area contributed by atoms with E-state index in [1.807, 2.05) is 36.4 Å². The van der Waals surface area contributed by atoms with E-state index in [4.69, 9.17) is 14.4 Å². The summed E-state index contributed by atoms with van der Waals surface area (Å²) in [6, 6.07) is 17.2. The highest BCUT2D eigenvalue weighted by Gasteiger charge is 2.32. The van der Waals surface area contributed by atoms with Gasteiger partial charge in [0.2, 0.25) is 5.88 Å². The zero-order valence-electron chi connectivity index (χ0n) is 18.2. The molecule has 1 fully saturated rings. The van der Waals surface area contributed by atoms with Crippen molar-refractivity contribution >= 4 is 23.9 Å². The second-order valence-corrected chi connectivity index (χ2v) is 8.55. The fourth-order valence-corrected chi connectivity index (χ4v) is 4.77. The van der Waals surface area contributed by atoms with Gasteiger partial charge in [-0.1, -0.05) is 53.7 Å². The van der Waals surface area contributed by atoms with Crippen LogP contribution in [0.2, 0.25) is 0 Å². The number of aromatic nitrogens is 1. The van der Waals surface area contributed by atoms with Gasteiger partial charge in [-0.25, -0.2) is 4.79 Å². The van der Waals surface area contributed by atoms with E-state index >= 15 is 0 Å². The van der Waals surface area contributed by atoms with E-state index in [2.05, 4.69) is 27.9 Å². The molecule has 9 heteroatoms. The summed E-state index contributed by atoms with van der Waals surface area (Å²) >= 11 is 0. The third-order valence-electron chi connectivity index (χ3n) is 6.43. The Morgan fingerprint density at radius 1 is 1.03 bits per heavy atom. The predicted molar refractivity (Wildman–Crippen MR) is 121 cm³/mol. The molecule has 1 saturated carbocycles. The molecule has 174 valence electrons. The van der Waals surface area contributed by atoms with E-state index in [-0.39, 0.29) is 30.1 Å². The molecule has 2 aliphatic rings. The van der Waals surface area contributed by atoms with Gasteiger partial charge in [-0.2, -0.15) is 0 Å². The smallest absolute Gasteiger partial charge is 0.414 e. The Bertz CT molecular complexity index is 1210. The average Bonchev–Trinajstić information content (AvgIpc) is 3.56. The van der Waals surface area contributed by atoms with Crippen LogP contribution in [0.1, 0.15) is 46.8 Å². The molecule has 5 rings (SSSR count). The van der Waals surface area contributed by atoms with E-state index in [9.17, 15) is 14.4 Å². The molecule has 0 bridgehead atoms. The number of nitrogens with one attached hydrogen (secondary N) is 2. The molecule has 1 heterocycles. The molecule has 0 aliphatic heterocycles. The van der Waals surface area contributed by atoms with Gasteiger partial charge in [0.1, 0.15) is 6.61 Å². The number of carboxylic acid groups (broad SMARTS) is 1. The first-order valence-corrected chi connectivity index (χ1v) is 11.1. The molecule has 1 aromatic heterocycles. The fraction of sp³-hybridized carbons (Fsp3) is 0.280. The number of hydrogen-bond acceptors (Lipinski definition) is 6. The summed E-state index contributed by atoms with van der Waals surface area (Å²) in [5, 5.41) is 18.0. The quantitative estimate of drug-likeness (QED) is 0.505. The van der Waals surface area contributed by atoms with Gasteiger partial charge in [-0.3, -0.25) is 14.9 Å². The van der Waals surface area contributed by atoms with Crippen LogP contribution in [0.5, 0.6) is 0 Å². The largest absolute Gasteiger partial charge is 0.481 e. The molecule has 3 N–H and O–H groups in total. The van der Waals surface area contributed by atoms with Gasteiger partial charge >= 0.3 is 12.1 Å². The van der Waals surface area contributed by atoms with Crippen molar-refractivity contribution < 1.29 is 28.8 Å². The summed E-state index contributed by atoms with van der Waals surface area (Å²) in [6.07, 6.45) is 0.771. The third kappa shape index (κ3) is 4.24. The maximum atomic E-state index is 12.4. The van der Waals surface area contributed by atoms with E-state index in [1.165, 1.54) is 6.07 Å². The van der Waals surface area contributed by atoms with E-state index in [1.54, 1.807) is 0 Å². The summed E-state index contributed by atoms with van der Waals surface area (Å²) in [5.74, 6) is -1.88. The van der Waals surface area contributed by atoms with Crippen molar-refractivity contribution in [2.24, 2.45) is 5.92 Å². The summed E-state index contributed by atoms with van der Waals surface area (Å²) in [4.78, 5) is 35.8. The number of amides is 2. The molecule has 2 aromatic carbocycles. The Morgan fingerprint density at radius 3 is 2.35 bits per heavy atom. The number of carboxylic acids is 1. The van der Waals surface area contributed by atoms with Crippen LogP contribution in [0.3, 0.4) is 0 Å². The molecule has 0 unspecified atom stereocenters. The Balaban J connectivity index is 1.17. The van der Waals surface area contributed by atoms with Gasteiger partial charge in [0, 0.05) is 18.0 Å². The molecule has 2 aliphatic carbocycles. The second kappa shape index (κ2) is 9.01. The van der Waals surface area contributed by atoms with Crippen molar-refractivity contribution in [3.05, 3.63) is 71.4 Å². The maximum absolute atomic E-state index is 12.4. The third-order valence-corrected chi connectivity index (χ3v) is 6.43. The Morgan fingerprint density at radius 2 is 1.71 bits per heavy atom. The first kappa shape index (κ1) is 21.7. The van der Waals surface area contributed by atoms with E-state index in [0.717, 1.165) is 22.3 Å². The first-order chi connectivity index (χ1) is 16.5. The number of hydrogen-bond donors (Lipinski definition) is 3. The van der Waals surface area contributed by atoms with Gasteiger partial charge in [0.05, 0.1) is 5.92 Å². The highest BCUT2D eigenvalue weighted by Crippen LogP contribution is 2.44. The molecular weight excluding hydrogens is 438 g/mol. The Labute approximate surface area is 195 Å². The maximum Gasteiger partial charge on any atom is 0.414 e. The van der Waals surface area contributed by atoms with Gasteiger partial charge < -0.3 is 19.7 Å². The fourth-order valence-electron chi connectivity index (χ4n) is 4.77. The number of carbonyl (C=O) groups excluding carboxylic acids is 2. The van der Waals surface area contributed by atoms with Crippen molar-refractivity contribution in [3.63, 3.8) is 0 Å². The number of rotatable bonds is 6. The van der Waals surface area contributed by atoms with Gasteiger partial charge in [0.15, 0.2) is 5.69 Å². The topological polar surface area (TPSA) is 131 Å². The minimum Gasteiger partial charge on any atom is -0.481 e. The van der Waals surface area contributed by atoms with Crippen molar-refractivity contribution in [2.45, 2.75) is 31.2 Å². The molecule has 0 saturated heterocycles. The van der Waals surface area contributed by atoms with E-state index < -0.39 is 23.9 Å². The lowest BCUT2D eigenvalue weighted by atomic mass is 9.98. The lowest BCUT2D eigenvalue weighted by Crippen LogP contribution is -2.33. The standard InChI is InChI=1S/C25H23N3O6/c29-23(26-15-10-9-14(11-15)24(30)31)21-12-22(34-28-21)27-25(32)33-13-20-18-7-3-1-5-16(18)17-6-2-4-8-19(17)20/h1-8,12,14-15,20H,9-11,13H2,(H,26,29)(H,27,32)(H,30,31)/t14-,15+/m0/s1. The van der Waals surface area contributed by atoms with Crippen molar-refractivity contribution in [1.29, 1.82) is 0 Å². The monoisotopic (exact) mass is 461 g/mol. The summed E-state index contributed by atoms with van der Waals surface area (Å²) < 4.78 is 10.5. The summed E-state index contributed by atoms with van der Waals surface area (Å²) in [5.41, 5.74) is 4.47. The molecule has 0 radical (unpaired) electrons. The lowest BCUT2D eigenvalue weighted by Gasteiger charge is -2.13. The highest BCUT2D eigenvalue weighted by molar-refractivity contribution is 5.94. The summed E-state index contributed by atoms with van der Waals surface area (Å²) in [7, 11) is 0. The molecule has 2 amide bonds. The van der Waals surface area contributed by atoms with Gasteiger partial charge in [0.25, 0.3) is 5.91 Å². The van der Waals surface area contributed by atoms with Crippen LogP contribution >= 0.6 is 0 Å². The number of nitrogens with zero attached hydrogens (tertiary/aromatic N) is 1. The molecule has 2 atom stereocenters. The van der Waals surface area contributed by atoms with Crippen LogP contribution < -0.4 is 10.6 Å². The second-order valence-electron chi connectivity index (χ2n) is 8.55. The van der Waals surface area contributed by atoms with Crippen LogP contribution in [-0.4, -0.2) is 40.9 Å². The SMILES string of the molecule is O=C(Nc1cc(C(=O)N[C@@H]2CC[C@H](C(=O)O)C2)no1)OCC1c2ccccc2-c2ccccc21. The number of aliphatic carboxylic acids is 1. The van der Waals surface area contributed by atoms with Gasteiger partial charge in [-0.05, 0) is 41.5 Å². The lowest BCUT2D eigenvalue weighted by molar-refractivity contribution is -0.141. The summed E-state index contributed by atoms with van der Waals surface area (Å²) in [6.45, 7) is 0.147. The van der Waals surface area contributed by atoms with Crippen LogP contribution in [-0.2, 0) is 9.53 Å². The van der Waals surface area contributed by atoms with Crippen LogP contribution in [0.15, 0.2) is 59.1 Å². The minimum atomic E-state index is -0.854. The van der Waals surface area contributed by atoms with Crippen molar-refractivity contribution in [1.82, 2.24) is 10.5 Å². The first-order valence-electron chi connectivity index (χ1n) is 11.1. The molecule has 3 aromatic rings. The number of fused-ring (bicyclic) bond motifs is 3. The molecular formula is C25H23N3O6. The van der Waals surface area contributed by atoms with Crippen LogP contribution in [0.4, 0.5) is 10.7 Å². The normalized spacial score (nSPS) is 18.7. The Hall–Kier alpha value is -4.14. The molecule has 0 spiro atoms. The Kier molecular flexibility index (Phi) is 5.75. The van der Waals surface area contributed by atoms with Crippen molar-refractivity contribution in [2.75, 3.05) is 11.9 Å². The van der Waals surface area contributed by atoms with E-state index in [0.29, 0.717) is 19.3 Å². The average molecular weight is 461 g/mol. The number of ether oxygens (including phenoxy) is 1. The minimum absolute atomic E-state index is 0.00674. The molecule has 9 nitrogen and oxygen atoms in total. The van der Waals surface area contributed by atoms with Crippen molar-refractivity contribution in [3.8, 4) is 11.1 Å². The zero-order valence-corrected chi connectivity index (χ0v) is 18.2. The molecule has 34 heavy (non-hydrogen) atoms. The number of benzene rings is 2. The van der Waals surface area contributed by atoms with Gasteiger partial charge in [-0.15, -0.1) is 0 Å².